The number of rotatable bonds is 5. The number of sulfonamides is 1. The van der Waals surface area contributed by atoms with Crippen molar-refractivity contribution >= 4 is 27.3 Å². The number of nitrogens with one attached hydrogen (secondary N) is 2. The summed E-state index contributed by atoms with van der Waals surface area (Å²) in [4.78, 5) is 5.02. The molecule has 2 rings (SSSR count). The maximum atomic E-state index is 11.2. The van der Waals surface area contributed by atoms with Crippen LogP contribution in [0.15, 0.2) is 21.3 Å². The first-order chi connectivity index (χ1) is 8.99. The molecule has 1 aliphatic rings. The van der Waals surface area contributed by atoms with Crippen LogP contribution in [-0.2, 0) is 16.6 Å². The number of aliphatic imine (C=N–C) groups is 1. The summed E-state index contributed by atoms with van der Waals surface area (Å²) in [6.45, 7) is 1.47. The zero-order valence-corrected chi connectivity index (χ0v) is 12.4. The highest BCUT2D eigenvalue weighted by Crippen LogP contribution is 2.27. The molecule has 1 saturated carbocycles. The van der Waals surface area contributed by atoms with Crippen LogP contribution in [0.4, 0.5) is 0 Å². The second-order valence-electron chi connectivity index (χ2n) is 4.52. The lowest BCUT2D eigenvalue weighted by Gasteiger charge is -2.10. The molecule has 0 aliphatic heterocycles. The second-order valence-corrected chi connectivity index (χ2v) is 7.47. The Morgan fingerprint density at radius 1 is 1.47 bits per heavy atom. The SMILES string of the molecule is CN=C(NCc1ccc(S(N)(=O)=O)s1)NCC1CC1. The molecular weight excluding hydrogens is 284 g/mol. The Bertz CT molecular complexity index is 561. The van der Waals surface area contributed by atoms with Gasteiger partial charge in [-0.3, -0.25) is 4.99 Å². The topological polar surface area (TPSA) is 96.6 Å². The number of hydrogen-bond acceptors (Lipinski definition) is 4. The molecule has 0 amide bonds. The lowest BCUT2D eigenvalue weighted by Crippen LogP contribution is -2.37. The van der Waals surface area contributed by atoms with Gasteiger partial charge in [0.1, 0.15) is 4.21 Å². The third-order valence-corrected chi connectivity index (χ3v) is 5.35. The highest BCUT2D eigenvalue weighted by molar-refractivity contribution is 7.91. The summed E-state index contributed by atoms with van der Waals surface area (Å²) in [6.07, 6.45) is 2.57. The van der Waals surface area contributed by atoms with Crippen LogP contribution in [0.3, 0.4) is 0 Å². The van der Waals surface area contributed by atoms with Gasteiger partial charge in [0.2, 0.25) is 10.0 Å². The van der Waals surface area contributed by atoms with Gasteiger partial charge >= 0.3 is 0 Å². The summed E-state index contributed by atoms with van der Waals surface area (Å²) < 4.78 is 22.5. The molecule has 4 N–H and O–H groups in total. The molecule has 0 bridgehead atoms. The summed E-state index contributed by atoms with van der Waals surface area (Å²) in [5.74, 6) is 1.51. The van der Waals surface area contributed by atoms with Gasteiger partial charge < -0.3 is 10.6 Å². The van der Waals surface area contributed by atoms with Gasteiger partial charge in [0.25, 0.3) is 0 Å². The van der Waals surface area contributed by atoms with Crippen molar-refractivity contribution in [2.45, 2.75) is 23.6 Å². The smallest absolute Gasteiger partial charge is 0.247 e. The third kappa shape index (κ3) is 4.48. The fourth-order valence-corrected chi connectivity index (χ4v) is 3.28. The first-order valence-electron chi connectivity index (χ1n) is 6.05. The second kappa shape index (κ2) is 5.89. The lowest BCUT2D eigenvalue weighted by molar-refractivity contribution is 0.600. The highest BCUT2D eigenvalue weighted by Gasteiger charge is 2.21. The van der Waals surface area contributed by atoms with E-state index in [2.05, 4.69) is 15.6 Å². The zero-order chi connectivity index (χ0) is 13.9. The van der Waals surface area contributed by atoms with Crippen molar-refractivity contribution in [1.82, 2.24) is 10.6 Å². The molecular formula is C11H18N4O2S2. The van der Waals surface area contributed by atoms with Gasteiger partial charge in [0, 0.05) is 18.5 Å². The fourth-order valence-electron chi connectivity index (χ4n) is 1.56. The number of guanidine groups is 1. The Hall–Kier alpha value is -1.12. The molecule has 0 radical (unpaired) electrons. The maximum absolute atomic E-state index is 11.2. The number of nitrogens with two attached hydrogens (primary N) is 1. The van der Waals surface area contributed by atoms with E-state index >= 15 is 0 Å². The van der Waals surface area contributed by atoms with Gasteiger partial charge in [-0.1, -0.05) is 0 Å². The molecule has 106 valence electrons. The average molecular weight is 302 g/mol. The minimum atomic E-state index is -3.59. The largest absolute Gasteiger partial charge is 0.356 e. The molecule has 0 saturated heterocycles. The van der Waals surface area contributed by atoms with Crippen molar-refractivity contribution < 1.29 is 8.42 Å². The molecule has 1 fully saturated rings. The molecule has 0 spiro atoms. The summed E-state index contributed by atoms with van der Waals surface area (Å²) in [7, 11) is -1.88. The highest BCUT2D eigenvalue weighted by atomic mass is 32.2. The number of nitrogens with zero attached hydrogens (tertiary/aromatic N) is 1. The molecule has 0 unspecified atom stereocenters. The Balaban J connectivity index is 1.84. The maximum Gasteiger partial charge on any atom is 0.247 e. The van der Waals surface area contributed by atoms with Gasteiger partial charge in [0.05, 0.1) is 6.54 Å². The minimum absolute atomic E-state index is 0.185. The molecule has 1 aromatic rings. The van der Waals surface area contributed by atoms with E-state index in [0.717, 1.165) is 23.3 Å². The van der Waals surface area contributed by atoms with E-state index < -0.39 is 10.0 Å². The summed E-state index contributed by atoms with van der Waals surface area (Å²) in [6, 6.07) is 3.28. The monoisotopic (exact) mass is 302 g/mol. The van der Waals surface area contributed by atoms with Crippen molar-refractivity contribution in [3.63, 3.8) is 0 Å². The van der Waals surface area contributed by atoms with Crippen LogP contribution in [0, 0.1) is 5.92 Å². The number of primary sulfonamides is 1. The van der Waals surface area contributed by atoms with Crippen LogP contribution >= 0.6 is 11.3 Å². The standard InChI is InChI=1S/C11H18N4O2S2/c1-13-11(14-6-8-2-3-8)15-7-9-4-5-10(18-9)19(12,16)17/h4-5,8H,2-3,6-7H2,1H3,(H2,12,16,17)(H2,13,14,15). The molecule has 8 heteroatoms. The first-order valence-corrected chi connectivity index (χ1v) is 8.41. The Morgan fingerprint density at radius 3 is 2.74 bits per heavy atom. The normalized spacial score (nSPS) is 16.4. The van der Waals surface area contributed by atoms with Crippen molar-refractivity contribution in [2.24, 2.45) is 16.0 Å². The molecule has 19 heavy (non-hydrogen) atoms. The zero-order valence-electron chi connectivity index (χ0n) is 10.7. The molecule has 6 nitrogen and oxygen atoms in total. The van der Waals surface area contributed by atoms with Crippen LogP contribution in [0.25, 0.3) is 0 Å². The summed E-state index contributed by atoms with van der Waals surface area (Å²) in [5, 5.41) is 11.5. The van der Waals surface area contributed by atoms with Crippen LogP contribution in [0.5, 0.6) is 0 Å². The van der Waals surface area contributed by atoms with Crippen molar-refractivity contribution in [2.75, 3.05) is 13.6 Å². The minimum Gasteiger partial charge on any atom is -0.356 e. The van der Waals surface area contributed by atoms with E-state index in [9.17, 15) is 8.42 Å². The molecule has 0 atom stereocenters. The van der Waals surface area contributed by atoms with Crippen molar-refractivity contribution in [3.8, 4) is 0 Å². The van der Waals surface area contributed by atoms with E-state index in [-0.39, 0.29) is 4.21 Å². The predicted molar refractivity (Wildman–Crippen MR) is 76.6 cm³/mol. The van der Waals surface area contributed by atoms with Crippen LogP contribution in [0.2, 0.25) is 0 Å². The number of thiophene rings is 1. The van der Waals surface area contributed by atoms with Crippen LogP contribution in [-0.4, -0.2) is 28.0 Å². The van der Waals surface area contributed by atoms with Gasteiger partial charge in [0.15, 0.2) is 5.96 Å². The van der Waals surface area contributed by atoms with Crippen LogP contribution in [0.1, 0.15) is 17.7 Å². The van der Waals surface area contributed by atoms with Gasteiger partial charge in [-0.25, -0.2) is 13.6 Å². The summed E-state index contributed by atoms with van der Waals surface area (Å²) >= 11 is 1.17. The number of hydrogen-bond donors (Lipinski definition) is 3. The molecule has 1 aliphatic carbocycles. The molecule has 0 aromatic carbocycles. The fraction of sp³-hybridized carbons (Fsp3) is 0.545. The van der Waals surface area contributed by atoms with Gasteiger partial charge in [-0.05, 0) is 30.9 Å². The quantitative estimate of drug-likeness (QED) is 0.544. The Morgan fingerprint density at radius 2 is 2.21 bits per heavy atom. The average Bonchev–Trinajstić information content (AvgIpc) is 3.04. The first kappa shape index (κ1) is 14.3. The van der Waals surface area contributed by atoms with E-state index in [1.165, 1.54) is 30.2 Å². The molecule has 1 aromatic heterocycles. The van der Waals surface area contributed by atoms with E-state index in [1.54, 1.807) is 13.1 Å². The lowest BCUT2D eigenvalue weighted by atomic mass is 10.4. The predicted octanol–water partition coefficient (Wildman–Crippen LogP) is 0.470. The van der Waals surface area contributed by atoms with E-state index in [4.69, 9.17) is 5.14 Å². The van der Waals surface area contributed by atoms with Crippen LogP contribution < -0.4 is 15.8 Å². The summed E-state index contributed by atoms with van der Waals surface area (Å²) in [5.41, 5.74) is 0. The van der Waals surface area contributed by atoms with E-state index in [0.29, 0.717) is 6.54 Å². The van der Waals surface area contributed by atoms with E-state index in [1.807, 2.05) is 0 Å². The third-order valence-electron chi connectivity index (χ3n) is 2.83. The van der Waals surface area contributed by atoms with Gasteiger partial charge in [-0.15, -0.1) is 11.3 Å². The van der Waals surface area contributed by atoms with Gasteiger partial charge in [-0.2, -0.15) is 0 Å². The van der Waals surface area contributed by atoms with Crippen molar-refractivity contribution in [1.29, 1.82) is 0 Å². The Kier molecular flexibility index (Phi) is 4.43. The molecule has 1 heterocycles. The van der Waals surface area contributed by atoms with Crippen molar-refractivity contribution in [3.05, 3.63) is 17.0 Å². The Labute approximate surface area is 117 Å².